The molecule has 0 bridgehead atoms. The summed E-state index contributed by atoms with van der Waals surface area (Å²) >= 11 is 5.86. The number of methoxy groups -OCH3 is 1. The van der Waals surface area contributed by atoms with E-state index in [9.17, 15) is 4.79 Å². The molecule has 0 saturated heterocycles. The van der Waals surface area contributed by atoms with Crippen molar-refractivity contribution in [1.82, 2.24) is 10.1 Å². The van der Waals surface area contributed by atoms with Gasteiger partial charge in [0, 0.05) is 16.1 Å². The van der Waals surface area contributed by atoms with Crippen molar-refractivity contribution in [2.45, 2.75) is 13.5 Å². The Kier molecular flexibility index (Phi) is 5.00. The summed E-state index contributed by atoms with van der Waals surface area (Å²) < 4.78 is 16.1. The molecule has 1 aromatic heterocycles. The zero-order chi connectivity index (χ0) is 17.8. The van der Waals surface area contributed by atoms with Crippen molar-refractivity contribution in [3.63, 3.8) is 0 Å². The number of rotatable bonds is 6. The minimum atomic E-state index is -0.0469. The molecule has 0 unspecified atom stereocenters. The zero-order valence-electron chi connectivity index (χ0n) is 13.7. The maximum absolute atomic E-state index is 11.4. The Morgan fingerprint density at radius 2 is 1.92 bits per heavy atom. The summed E-state index contributed by atoms with van der Waals surface area (Å²) in [6, 6.07) is 12.1. The Bertz CT molecular complexity index is 890. The Labute approximate surface area is 149 Å². The number of hydrogen-bond donors (Lipinski definition) is 0. The fourth-order valence-corrected chi connectivity index (χ4v) is 2.30. The molecule has 25 heavy (non-hydrogen) atoms. The highest BCUT2D eigenvalue weighted by atomic mass is 35.5. The molecular formula is C18H15ClN2O4. The van der Waals surface area contributed by atoms with Crippen molar-refractivity contribution in [1.29, 1.82) is 0 Å². The number of aromatic nitrogens is 2. The third-order valence-electron chi connectivity index (χ3n) is 3.49. The van der Waals surface area contributed by atoms with E-state index in [1.54, 1.807) is 42.5 Å². The van der Waals surface area contributed by atoms with Crippen molar-refractivity contribution < 1.29 is 18.8 Å². The number of ketones is 1. The van der Waals surface area contributed by atoms with E-state index in [4.69, 9.17) is 25.6 Å². The van der Waals surface area contributed by atoms with Crippen LogP contribution < -0.4 is 9.47 Å². The number of benzene rings is 2. The summed E-state index contributed by atoms with van der Waals surface area (Å²) in [5.74, 6) is 1.68. The van der Waals surface area contributed by atoms with Crippen LogP contribution >= 0.6 is 11.6 Å². The van der Waals surface area contributed by atoms with E-state index in [-0.39, 0.29) is 12.4 Å². The lowest BCUT2D eigenvalue weighted by Gasteiger charge is -2.09. The summed E-state index contributed by atoms with van der Waals surface area (Å²) in [5, 5.41) is 4.56. The molecule has 0 aliphatic heterocycles. The molecule has 1 heterocycles. The number of carbonyl (C=O) groups excluding carboxylic acids is 1. The molecule has 0 radical (unpaired) electrons. The lowest BCUT2D eigenvalue weighted by atomic mass is 10.1. The second-order valence-electron chi connectivity index (χ2n) is 5.23. The van der Waals surface area contributed by atoms with E-state index >= 15 is 0 Å². The fourth-order valence-electron chi connectivity index (χ4n) is 2.18. The van der Waals surface area contributed by atoms with Gasteiger partial charge in [-0.05, 0) is 49.4 Å². The van der Waals surface area contributed by atoms with Gasteiger partial charge in [0.1, 0.15) is 0 Å². The van der Waals surface area contributed by atoms with Gasteiger partial charge in [-0.1, -0.05) is 16.8 Å². The first-order valence-electron chi connectivity index (χ1n) is 7.47. The molecule has 2 aromatic carbocycles. The molecule has 0 amide bonds. The molecule has 0 fully saturated rings. The van der Waals surface area contributed by atoms with E-state index < -0.39 is 0 Å². The molecule has 0 atom stereocenters. The zero-order valence-corrected chi connectivity index (χ0v) is 14.4. The third-order valence-corrected chi connectivity index (χ3v) is 3.74. The maximum Gasteiger partial charge on any atom is 0.264 e. The van der Waals surface area contributed by atoms with Crippen LogP contribution in [0.3, 0.4) is 0 Å². The molecule has 7 heteroatoms. The molecule has 0 N–H and O–H groups in total. The van der Waals surface area contributed by atoms with Crippen LogP contribution in [0.1, 0.15) is 23.2 Å². The van der Waals surface area contributed by atoms with E-state index in [1.165, 1.54) is 14.0 Å². The SMILES string of the molecule is COc1cc(C(C)=O)ccc1OCc1nc(-c2ccc(Cl)cc2)no1. The van der Waals surface area contributed by atoms with Gasteiger partial charge in [0.25, 0.3) is 5.89 Å². The van der Waals surface area contributed by atoms with Crippen LogP contribution in [0.5, 0.6) is 11.5 Å². The largest absolute Gasteiger partial charge is 0.493 e. The van der Waals surface area contributed by atoms with E-state index in [0.717, 1.165) is 5.56 Å². The van der Waals surface area contributed by atoms with Crippen LogP contribution in [0.25, 0.3) is 11.4 Å². The third kappa shape index (κ3) is 3.97. The molecule has 0 spiro atoms. The van der Waals surface area contributed by atoms with Gasteiger partial charge in [-0.2, -0.15) is 4.98 Å². The lowest BCUT2D eigenvalue weighted by Crippen LogP contribution is -2.00. The van der Waals surface area contributed by atoms with Gasteiger partial charge in [0.15, 0.2) is 23.9 Å². The number of halogens is 1. The summed E-state index contributed by atoms with van der Waals surface area (Å²) in [5.41, 5.74) is 1.34. The van der Waals surface area contributed by atoms with Crippen LogP contribution in [0.4, 0.5) is 0 Å². The highest BCUT2D eigenvalue weighted by Gasteiger charge is 2.12. The fraction of sp³-hybridized carbons (Fsp3) is 0.167. The van der Waals surface area contributed by atoms with Gasteiger partial charge in [0.2, 0.25) is 5.82 Å². The molecule has 3 aromatic rings. The molecule has 128 valence electrons. The van der Waals surface area contributed by atoms with Gasteiger partial charge >= 0.3 is 0 Å². The van der Waals surface area contributed by atoms with E-state index in [0.29, 0.717) is 33.8 Å². The molecule has 3 rings (SSSR count). The van der Waals surface area contributed by atoms with Crippen LogP contribution in [0.15, 0.2) is 47.0 Å². The number of Topliss-reactive ketones (excluding diaryl/α,β-unsaturated/α-hetero) is 1. The first-order valence-corrected chi connectivity index (χ1v) is 7.85. The van der Waals surface area contributed by atoms with Crippen LogP contribution in [-0.4, -0.2) is 23.0 Å². The van der Waals surface area contributed by atoms with Gasteiger partial charge in [-0.15, -0.1) is 0 Å². The highest BCUT2D eigenvalue weighted by molar-refractivity contribution is 6.30. The first kappa shape index (κ1) is 17.0. The van der Waals surface area contributed by atoms with Crippen molar-refractivity contribution in [3.05, 3.63) is 58.9 Å². The van der Waals surface area contributed by atoms with E-state index in [1.807, 2.05) is 0 Å². The van der Waals surface area contributed by atoms with Gasteiger partial charge in [-0.25, -0.2) is 0 Å². The summed E-state index contributed by atoms with van der Waals surface area (Å²) in [6.45, 7) is 1.57. The van der Waals surface area contributed by atoms with Gasteiger partial charge in [-0.3, -0.25) is 4.79 Å². The van der Waals surface area contributed by atoms with Crippen molar-refractivity contribution >= 4 is 17.4 Å². The average molecular weight is 359 g/mol. The second kappa shape index (κ2) is 7.36. The smallest absolute Gasteiger partial charge is 0.264 e. The molecular weight excluding hydrogens is 344 g/mol. The normalized spacial score (nSPS) is 10.5. The Morgan fingerprint density at radius 1 is 1.16 bits per heavy atom. The van der Waals surface area contributed by atoms with Crippen molar-refractivity contribution in [2.24, 2.45) is 0 Å². The Morgan fingerprint density at radius 3 is 2.60 bits per heavy atom. The predicted octanol–water partition coefficient (Wildman–Crippen LogP) is 4.18. The second-order valence-corrected chi connectivity index (χ2v) is 5.67. The van der Waals surface area contributed by atoms with Crippen molar-refractivity contribution in [2.75, 3.05) is 7.11 Å². The van der Waals surface area contributed by atoms with Gasteiger partial charge in [0.05, 0.1) is 7.11 Å². The summed E-state index contributed by atoms with van der Waals surface area (Å²) in [4.78, 5) is 15.7. The van der Waals surface area contributed by atoms with Crippen LogP contribution in [0, 0.1) is 0 Å². The van der Waals surface area contributed by atoms with E-state index in [2.05, 4.69) is 10.1 Å². The monoisotopic (exact) mass is 358 g/mol. The minimum Gasteiger partial charge on any atom is -0.493 e. The standard InChI is InChI=1S/C18H15ClN2O4/c1-11(22)13-5-8-15(16(9-13)23-2)24-10-17-20-18(21-25-17)12-3-6-14(19)7-4-12/h3-9H,10H2,1-2H3. The van der Waals surface area contributed by atoms with Crippen molar-refractivity contribution in [3.8, 4) is 22.9 Å². The van der Waals surface area contributed by atoms with Crippen LogP contribution in [0.2, 0.25) is 5.02 Å². The topological polar surface area (TPSA) is 74.5 Å². The summed E-state index contributed by atoms with van der Waals surface area (Å²) in [6.07, 6.45) is 0. The number of ether oxygens (including phenoxy) is 2. The predicted molar refractivity (Wildman–Crippen MR) is 92.1 cm³/mol. The first-order chi connectivity index (χ1) is 12.1. The Balaban J connectivity index is 1.72. The average Bonchev–Trinajstić information content (AvgIpc) is 3.09. The maximum atomic E-state index is 11.4. The number of hydrogen-bond acceptors (Lipinski definition) is 6. The van der Waals surface area contributed by atoms with Gasteiger partial charge < -0.3 is 14.0 Å². The Hall–Kier alpha value is -2.86. The molecule has 0 aliphatic rings. The number of nitrogens with zero attached hydrogens (tertiary/aromatic N) is 2. The molecule has 0 saturated carbocycles. The lowest BCUT2D eigenvalue weighted by molar-refractivity contribution is 0.101. The molecule has 6 nitrogen and oxygen atoms in total. The highest BCUT2D eigenvalue weighted by Crippen LogP contribution is 2.29. The van der Waals surface area contributed by atoms with Crippen LogP contribution in [-0.2, 0) is 6.61 Å². The summed E-state index contributed by atoms with van der Waals surface area (Å²) in [7, 11) is 1.51. The number of carbonyl (C=O) groups is 1. The quantitative estimate of drug-likeness (QED) is 0.615. The molecule has 0 aliphatic carbocycles. The minimum absolute atomic E-state index is 0.0469.